The fourth-order valence-corrected chi connectivity index (χ4v) is 9.29. The molecule has 7 atom stereocenters. The molecule has 33 heavy (non-hydrogen) atoms. The second-order valence-corrected chi connectivity index (χ2v) is 13.5. The molecule has 186 valence electrons. The van der Waals surface area contributed by atoms with E-state index < -0.39 is 0 Å². The number of fused-ring (bicyclic) bond motifs is 4. The first kappa shape index (κ1) is 25.2. The average molecular weight is 457 g/mol. The standard InChI is InChI=1S/C30H48O3/c1-19(18-31)9-8-10-20(2)21-13-16-29(6)22-11-12-24-27(3,4)25(33)14-15-28(24,5)26(22)23(32)17-30(21,29)7/h9,20-21,24-25,31,33H,8,10-18H2,1-7H3/b19-9+/t20-,21-,24-,25+,28+,29+,30-/m1/s1. The lowest BCUT2D eigenvalue weighted by atomic mass is 9.43. The van der Waals surface area contributed by atoms with Gasteiger partial charge in [0.05, 0.1) is 12.7 Å². The molecule has 2 saturated carbocycles. The first-order chi connectivity index (χ1) is 15.3. The molecule has 0 aromatic heterocycles. The Hall–Kier alpha value is -0.930. The smallest absolute Gasteiger partial charge is 0.159 e. The molecule has 0 aliphatic heterocycles. The predicted octanol–water partition coefficient (Wildman–Crippen LogP) is 6.63. The van der Waals surface area contributed by atoms with Gasteiger partial charge in [0.15, 0.2) is 5.78 Å². The summed E-state index contributed by atoms with van der Waals surface area (Å²) < 4.78 is 0. The highest BCUT2D eigenvalue weighted by atomic mass is 16.3. The van der Waals surface area contributed by atoms with E-state index in [4.69, 9.17) is 0 Å². The number of allylic oxidation sites excluding steroid dienone is 3. The lowest BCUT2D eigenvalue weighted by Gasteiger charge is -2.61. The molecule has 4 aliphatic carbocycles. The molecule has 2 fully saturated rings. The number of hydrogen-bond donors (Lipinski definition) is 2. The Kier molecular flexibility index (Phi) is 6.35. The number of rotatable bonds is 5. The maximum atomic E-state index is 14.0. The van der Waals surface area contributed by atoms with Crippen LogP contribution in [0.1, 0.15) is 106 Å². The van der Waals surface area contributed by atoms with Gasteiger partial charge in [-0.2, -0.15) is 0 Å². The SMILES string of the molecule is C/C(=C\CC[C@@H](C)[C@H]1CC[C@@]2(C)C3=C(C(=O)C[C@]12C)[C@@]1(C)CC[C@H](O)C(C)(C)[C@H]1CC3)CO. The molecule has 4 rings (SSSR count). The predicted molar refractivity (Wildman–Crippen MR) is 135 cm³/mol. The van der Waals surface area contributed by atoms with E-state index >= 15 is 0 Å². The van der Waals surface area contributed by atoms with Gasteiger partial charge in [-0.05, 0) is 97.7 Å². The van der Waals surface area contributed by atoms with Crippen LogP contribution in [-0.4, -0.2) is 28.7 Å². The Morgan fingerprint density at radius 3 is 2.48 bits per heavy atom. The fraction of sp³-hybridized carbons (Fsp3) is 0.833. The van der Waals surface area contributed by atoms with Crippen molar-refractivity contribution in [3.05, 3.63) is 22.8 Å². The molecule has 0 aromatic carbocycles. The second kappa shape index (κ2) is 8.33. The van der Waals surface area contributed by atoms with Gasteiger partial charge in [0, 0.05) is 12.0 Å². The Morgan fingerprint density at radius 1 is 1.12 bits per heavy atom. The quantitative estimate of drug-likeness (QED) is 0.456. The monoisotopic (exact) mass is 456 g/mol. The summed E-state index contributed by atoms with van der Waals surface area (Å²) >= 11 is 0. The Balaban J connectivity index is 1.67. The van der Waals surface area contributed by atoms with Crippen LogP contribution in [0.5, 0.6) is 0 Å². The molecule has 3 heteroatoms. The second-order valence-electron chi connectivity index (χ2n) is 13.5. The van der Waals surface area contributed by atoms with Crippen LogP contribution in [0.25, 0.3) is 0 Å². The number of carbonyl (C=O) groups excluding carboxylic acids is 1. The van der Waals surface area contributed by atoms with Gasteiger partial charge in [0.1, 0.15) is 0 Å². The van der Waals surface area contributed by atoms with Crippen molar-refractivity contribution in [3.63, 3.8) is 0 Å². The molecule has 0 radical (unpaired) electrons. The van der Waals surface area contributed by atoms with Gasteiger partial charge < -0.3 is 10.2 Å². The summed E-state index contributed by atoms with van der Waals surface area (Å²) in [7, 11) is 0. The molecule has 0 heterocycles. The molecular weight excluding hydrogens is 408 g/mol. The van der Waals surface area contributed by atoms with Crippen molar-refractivity contribution in [2.75, 3.05) is 6.61 Å². The van der Waals surface area contributed by atoms with Gasteiger partial charge in [-0.3, -0.25) is 4.79 Å². The Bertz CT molecular complexity index is 866. The van der Waals surface area contributed by atoms with E-state index in [1.165, 1.54) is 24.0 Å². The molecule has 0 aromatic rings. The van der Waals surface area contributed by atoms with E-state index in [1.807, 2.05) is 6.92 Å². The van der Waals surface area contributed by atoms with Gasteiger partial charge in [-0.15, -0.1) is 0 Å². The molecule has 0 amide bonds. The van der Waals surface area contributed by atoms with Crippen molar-refractivity contribution in [3.8, 4) is 0 Å². The van der Waals surface area contributed by atoms with Gasteiger partial charge in [-0.25, -0.2) is 0 Å². The summed E-state index contributed by atoms with van der Waals surface area (Å²) in [4.78, 5) is 14.0. The number of ketones is 1. The highest BCUT2D eigenvalue weighted by Crippen LogP contribution is 2.71. The number of aliphatic hydroxyl groups is 2. The number of aliphatic hydroxyl groups excluding tert-OH is 2. The molecule has 0 spiro atoms. The topological polar surface area (TPSA) is 57.5 Å². The largest absolute Gasteiger partial charge is 0.393 e. The van der Waals surface area contributed by atoms with E-state index in [9.17, 15) is 15.0 Å². The summed E-state index contributed by atoms with van der Waals surface area (Å²) in [5.41, 5.74) is 3.66. The minimum absolute atomic E-state index is 0.0327. The first-order valence-electron chi connectivity index (χ1n) is 13.5. The number of carbonyl (C=O) groups is 1. The third-order valence-electron chi connectivity index (χ3n) is 11.6. The highest BCUT2D eigenvalue weighted by Gasteiger charge is 2.65. The molecule has 4 aliphatic rings. The van der Waals surface area contributed by atoms with Gasteiger partial charge in [0.25, 0.3) is 0 Å². The molecular formula is C30H48O3. The van der Waals surface area contributed by atoms with Crippen LogP contribution in [0.15, 0.2) is 22.8 Å². The average Bonchev–Trinajstić information content (AvgIpc) is 3.02. The molecule has 0 saturated heterocycles. The zero-order chi connectivity index (χ0) is 24.4. The van der Waals surface area contributed by atoms with Crippen LogP contribution in [-0.2, 0) is 4.79 Å². The summed E-state index contributed by atoms with van der Waals surface area (Å²) in [5, 5.41) is 20.1. The van der Waals surface area contributed by atoms with E-state index in [2.05, 4.69) is 47.6 Å². The maximum Gasteiger partial charge on any atom is 0.159 e. The van der Waals surface area contributed by atoms with Crippen LogP contribution in [0.4, 0.5) is 0 Å². The van der Waals surface area contributed by atoms with Crippen LogP contribution in [0.2, 0.25) is 0 Å². The molecule has 2 N–H and O–H groups in total. The van der Waals surface area contributed by atoms with E-state index in [0.29, 0.717) is 30.0 Å². The first-order valence-corrected chi connectivity index (χ1v) is 13.5. The van der Waals surface area contributed by atoms with Crippen molar-refractivity contribution in [2.24, 2.45) is 39.4 Å². The van der Waals surface area contributed by atoms with Crippen molar-refractivity contribution in [1.82, 2.24) is 0 Å². The molecule has 0 unspecified atom stereocenters. The summed E-state index contributed by atoms with van der Waals surface area (Å²) in [6.45, 7) is 16.3. The van der Waals surface area contributed by atoms with E-state index in [-0.39, 0.29) is 34.4 Å². The van der Waals surface area contributed by atoms with Crippen molar-refractivity contribution in [2.45, 2.75) is 112 Å². The normalized spacial score (nSPS) is 43.7. The highest BCUT2D eigenvalue weighted by molar-refractivity contribution is 5.99. The van der Waals surface area contributed by atoms with E-state index in [0.717, 1.165) is 44.1 Å². The van der Waals surface area contributed by atoms with Crippen molar-refractivity contribution >= 4 is 5.78 Å². The van der Waals surface area contributed by atoms with E-state index in [1.54, 1.807) is 0 Å². The summed E-state index contributed by atoms with van der Waals surface area (Å²) in [6.07, 6.45) is 11.0. The minimum atomic E-state index is -0.266. The van der Waals surface area contributed by atoms with Gasteiger partial charge >= 0.3 is 0 Å². The Labute approximate surface area is 202 Å². The van der Waals surface area contributed by atoms with Crippen LogP contribution in [0, 0.1) is 39.4 Å². The van der Waals surface area contributed by atoms with Gasteiger partial charge in [0.2, 0.25) is 0 Å². The summed E-state index contributed by atoms with van der Waals surface area (Å²) in [6, 6.07) is 0. The lowest BCUT2D eigenvalue weighted by molar-refractivity contribution is -0.131. The Morgan fingerprint density at radius 2 is 1.82 bits per heavy atom. The fourth-order valence-electron chi connectivity index (χ4n) is 9.29. The zero-order valence-corrected chi connectivity index (χ0v) is 22.3. The summed E-state index contributed by atoms with van der Waals surface area (Å²) in [5.74, 6) is 1.94. The number of hydrogen-bond acceptors (Lipinski definition) is 3. The zero-order valence-electron chi connectivity index (χ0n) is 22.3. The van der Waals surface area contributed by atoms with Gasteiger partial charge in [-0.1, -0.05) is 58.8 Å². The van der Waals surface area contributed by atoms with Crippen molar-refractivity contribution < 1.29 is 15.0 Å². The van der Waals surface area contributed by atoms with Crippen LogP contribution >= 0.6 is 0 Å². The molecule has 3 nitrogen and oxygen atoms in total. The van der Waals surface area contributed by atoms with Crippen molar-refractivity contribution in [1.29, 1.82) is 0 Å². The lowest BCUT2D eigenvalue weighted by Crippen LogP contribution is -2.57. The molecule has 0 bridgehead atoms. The third kappa shape index (κ3) is 3.54. The van der Waals surface area contributed by atoms with Crippen LogP contribution in [0.3, 0.4) is 0 Å². The minimum Gasteiger partial charge on any atom is -0.393 e. The van der Waals surface area contributed by atoms with Crippen LogP contribution < -0.4 is 0 Å². The maximum absolute atomic E-state index is 14.0. The number of Topliss-reactive ketones (excluding diaryl/α,β-unsaturated/α-hetero) is 1. The third-order valence-corrected chi connectivity index (χ3v) is 11.6.